The predicted octanol–water partition coefficient (Wildman–Crippen LogP) is 2.84. The standard InChI is InChI=1S/C11H11NOS.BrH/c1-2-4-8(5-3-1)11-12-9-6-14-7-10(9)13-11;/h1-5,7,9,11-12H,6H2;1H. The van der Waals surface area contributed by atoms with E-state index < -0.39 is 0 Å². The third-order valence-corrected chi connectivity index (χ3v) is 3.44. The van der Waals surface area contributed by atoms with Gasteiger partial charge in [0.05, 0.1) is 6.04 Å². The number of fused-ring (bicyclic) bond motifs is 1. The van der Waals surface area contributed by atoms with Gasteiger partial charge in [0, 0.05) is 16.7 Å². The Kier molecular flexibility index (Phi) is 3.38. The van der Waals surface area contributed by atoms with E-state index >= 15 is 0 Å². The van der Waals surface area contributed by atoms with Crippen molar-refractivity contribution in [1.82, 2.24) is 5.32 Å². The number of halogens is 1. The molecule has 2 unspecified atom stereocenters. The second-order valence-corrected chi connectivity index (χ2v) is 4.38. The SMILES string of the molecule is Br.C1=C2OC(c3ccccc3)NC2CS1. The van der Waals surface area contributed by atoms with Gasteiger partial charge in [0.2, 0.25) is 0 Å². The minimum absolute atomic E-state index is 0. The predicted molar refractivity (Wildman–Crippen MR) is 68.1 cm³/mol. The molecule has 0 aliphatic carbocycles. The maximum absolute atomic E-state index is 5.80. The van der Waals surface area contributed by atoms with E-state index in [9.17, 15) is 0 Å². The summed E-state index contributed by atoms with van der Waals surface area (Å²) in [5, 5.41) is 5.57. The van der Waals surface area contributed by atoms with Crippen molar-refractivity contribution in [2.24, 2.45) is 0 Å². The van der Waals surface area contributed by atoms with Crippen molar-refractivity contribution in [1.29, 1.82) is 0 Å². The summed E-state index contributed by atoms with van der Waals surface area (Å²) < 4.78 is 5.80. The highest BCUT2D eigenvalue weighted by Gasteiger charge is 2.33. The lowest BCUT2D eigenvalue weighted by Crippen LogP contribution is -2.25. The van der Waals surface area contributed by atoms with Crippen LogP contribution in [0, 0.1) is 0 Å². The molecule has 0 aromatic heterocycles. The zero-order valence-corrected chi connectivity index (χ0v) is 10.6. The van der Waals surface area contributed by atoms with Crippen molar-refractivity contribution in [3.63, 3.8) is 0 Å². The number of thioether (sulfide) groups is 1. The minimum Gasteiger partial charge on any atom is -0.473 e. The van der Waals surface area contributed by atoms with Gasteiger partial charge in [0.25, 0.3) is 0 Å². The molecule has 15 heavy (non-hydrogen) atoms. The Morgan fingerprint density at radius 3 is 2.80 bits per heavy atom. The second kappa shape index (κ2) is 4.60. The molecule has 1 aromatic rings. The first kappa shape index (κ1) is 11.0. The van der Waals surface area contributed by atoms with E-state index in [1.807, 2.05) is 30.0 Å². The molecular formula is C11H12BrNOS. The molecule has 0 saturated carbocycles. The van der Waals surface area contributed by atoms with Crippen LogP contribution >= 0.6 is 28.7 Å². The highest BCUT2D eigenvalue weighted by molar-refractivity contribution is 8.93. The van der Waals surface area contributed by atoms with Crippen molar-refractivity contribution in [2.75, 3.05) is 5.75 Å². The van der Waals surface area contributed by atoms with Gasteiger partial charge in [0.15, 0.2) is 6.23 Å². The Morgan fingerprint density at radius 2 is 2.07 bits per heavy atom. The number of nitrogens with one attached hydrogen (secondary N) is 1. The molecule has 0 amide bonds. The van der Waals surface area contributed by atoms with E-state index in [1.165, 1.54) is 5.56 Å². The summed E-state index contributed by atoms with van der Waals surface area (Å²) in [4.78, 5) is 0. The fourth-order valence-corrected chi connectivity index (χ4v) is 2.71. The van der Waals surface area contributed by atoms with Crippen molar-refractivity contribution in [2.45, 2.75) is 12.3 Å². The van der Waals surface area contributed by atoms with E-state index in [4.69, 9.17) is 4.74 Å². The van der Waals surface area contributed by atoms with Crippen LogP contribution in [0.25, 0.3) is 0 Å². The summed E-state index contributed by atoms with van der Waals surface area (Å²) in [6, 6.07) is 10.7. The number of benzene rings is 1. The fourth-order valence-electron chi connectivity index (χ4n) is 1.78. The van der Waals surface area contributed by atoms with E-state index in [0.717, 1.165) is 11.5 Å². The molecule has 4 heteroatoms. The molecule has 1 aromatic carbocycles. The van der Waals surface area contributed by atoms with Crippen molar-refractivity contribution < 1.29 is 4.74 Å². The highest BCUT2D eigenvalue weighted by Crippen LogP contribution is 2.34. The molecule has 2 heterocycles. The first-order valence-corrected chi connectivity index (χ1v) is 5.78. The molecule has 0 radical (unpaired) electrons. The lowest BCUT2D eigenvalue weighted by Gasteiger charge is -2.11. The first-order valence-electron chi connectivity index (χ1n) is 4.73. The molecule has 0 bridgehead atoms. The zero-order valence-electron chi connectivity index (χ0n) is 8.05. The summed E-state index contributed by atoms with van der Waals surface area (Å²) in [6.07, 6.45) is 0.0494. The molecular weight excluding hydrogens is 274 g/mol. The van der Waals surface area contributed by atoms with Gasteiger partial charge in [-0.15, -0.1) is 28.7 Å². The molecule has 1 fully saturated rings. The van der Waals surface area contributed by atoms with Gasteiger partial charge in [-0.2, -0.15) is 0 Å². The minimum atomic E-state index is 0. The Morgan fingerprint density at radius 1 is 1.27 bits per heavy atom. The molecule has 1 saturated heterocycles. The van der Waals surface area contributed by atoms with Crippen molar-refractivity contribution in [3.8, 4) is 0 Å². The Balaban J connectivity index is 0.000000853. The van der Waals surface area contributed by atoms with Crippen LogP contribution in [-0.2, 0) is 4.74 Å². The van der Waals surface area contributed by atoms with Crippen LogP contribution in [-0.4, -0.2) is 11.8 Å². The summed E-state index contributed by atoms with van der Waals surface area (Å²) in [6.45, 7) is 0. The molecule has 2 atom stereocenters. The van der Waals surface area contributed by atoms with Gasteiger partial charge in [-0.3, -0.25) is 5.32 Å². The fraction of sp³-hybridized carbons (Fsp3) is 0.273. The van der Waals surface area contributed by atoms with E-state index in [2.05, 4.69) is 22.9 Å². The van der Waals surface area contributed by atoms with Gasteiger partial charge < -0.3 is 4.74 Å². The number of hydrogen-bond donors (Lipinski definition) is 1. The van der Waals surface area contributed by atoms with Crippen LogP contribution < -0.4 is 5.32 Å². The molecule has 80 valence electrons. The van der Waals surface area contributed by atoms with Gasteiger partial charge >= 0.3 is 0 Å². The summed E-state index contributed by atoms with van der Waals surface area (Å²) in [7, 11) is 0. The molecule has 3 rings (SSSR count). The maximum Gasteiger partial charge on any atom is 0.176 e. The quantitative estimate of drug-likeness (QED) is 0.857. The summed E-state index contributed by atoms with van der Waals surface area (Å²) in [5.74, 6) is 2.20. The monoisotopic (exact) mass is 285 g/mol. The molecule has 0 spiro atoms. The van der Waals surface area contributed by atoms with Crippen LogP contribution in [0.1, 0.15) is 11.8 Å². The van der Waals surface area contributed by atoms with Gasteiger partial charge in [0.1, 0.15) is 5.76 Å². The first-order chi connectivity index (χ1) is 6.93. The van der Waals surface area contributed by atoms with Crippen molar-refractivity contribution >= 4 is 28.7 Å². The summed E-state index contributed by atoms with van der Waals surface area (Å²) in [5.41, 5.74) is 1.20. The third-order valence-electron chi connectivity index (χ3n) is 2.51. The second-order valence-electron chi connectivity index (χ2n) is 3.48. The lowest BCUT2D eigenvalue weighted by atomic mass is 10.2. The van der Waals surface area contributed by atoms with Crippen LogP contribution in [0.5, 0.6) is 0 Å². The van der Waals surface area contributed by atoms with Crippen LogP contribution in [0.4, 0.5) is 0 Å². The zero-order chi connectivity index (χ0) is 9.38. The normalized spacial score (nSPS) is 27.6. The van der Waals surface area contributed by atoms with Crippen LogP contribution in [0.15, 0.2) is 41.5 Å². The van der Waals surface area contributed by atoms with Gasteiger partial charge in [-0.1, -0.05) is 30.3 Å². The third kappa shape index (κ3) is 2.07. The van der Waals surface area contributed by atoms with Crippen LogP contribution in [0.2, 0.25) is 0 Å². The van der Waals surface area contributed by atoms with Gasteiger partial charge in [-0.25, -0.2) is 0 Å². The number of hydrogen-bond acceptors (Lipinski definition) is 3. The van der Waals surface area contributed by atoms with Crippen LogP contribution in [0.3, 0.4) is 0 Å². The topological polar surface area (TPSA) is 21.3 Å². The number of rotatable bonds is 1. The Labute approximate surface area is 104 Å². The van der Waals surface area contributed by atoms with E-state index in [0.29, 0.717) is 6.04 Å². The highest BCUT2D eigenvalue weighted by atomic mass is 79.9. The number of ether oxygens (including phenoxy) is 1. The lowest BCUT2D eigenvalue weighted by molar-refractivity contribution is 0.148. The van der Waals surface area contributed by atoms with Crippen molar-refractivity contribution in [3.05, 3.63) is 47.1 Å². The van der Waals surface area contributed by atoms with Gasteiger partial charge in [-0.05, 0) is 0 Å². The van der Waals surface area contributed by atoms with E-state index in [1.54, 1.807) is 0 Å². The maximum atomic E-state index is 5.80. The molecule has 1 N–H and O–H groups in total. The molecule has 2 nitrogen and oxygen atoms in total. The Bertz CT molecular complexity index is 368. The average Bonchev–Trinajstić information content (AvgIpc) is 2.78. The average molecular weight is 286 g/mol. The van der Waals surface area contributed by atoms with E-state index in [-0.39, 0.29) is 23.2 Å². The summed E-state index contributed by atoms with van der Waals surface area (Å²) >= 11 is 1.81. The largest absolute Gasteiger partial charge is 0.473 e. The Hall–Kier alpha value is -0.450. The smallest absolute Gasteiger partial charge is 0.176 e. The molecule has 2 aliphatic heterocycles. The molecule has 2 aliphatic rings.